The first-order chi connectivity index (χ1) is 7.56. The summed E-state index contributed by atoms with van der Waals surface area (Å²) in [6, 6.07) is 2.50. The molecule has 1 N–H and O–H groups in total. The van der Waals surface area contributed by atoms with Crippen molar-refractivity contribution < 1.29 is 4.79 Å². The molecule has 90 valence electrons. The highest BCUT2D eigenvalue weighted by Gasteiger charge is 2.25. The van der Waals surface area contributed by atoms with Gasteiger partial charge in [-0.15, -0.1) is 0 Å². The number of hydrogen-bond acceptors (Lipinski definition) is 3. The maximum atomic E-state index is 11.7. The van der Waals surface area contributed by atoms with E-state index in [4.69, 9.17) is 5.26 Å². The smallest absolute Gasteiger partial charge is 0.237 e. The minimum Gasteiger partial charge on any atom is -0.353 e. The van der Waals surface area contributed by atoms with Crippen LogP contribution in [0, 0.1) is 23.2 Å². The fourth-order valence-electron chi connectivity index (χ4n) is 2.08. The predicted octanol–water partition coefficient (Wildman–Crippen LogP) is 0.993. The van der Waals surface area contributed by atoms with Gasteiger partial charge >= 0.3 is 0 Å². The van der Waals surface area contributed by atoms with Gasteiger partial charge in [-0.05, 0) is 32.4 Å². The number of nitriles is 1. The zero-order valence-electron chi connectivity index (χ0n) is 10.4. The van der Waals surface area contributed by atoms with E-state index in [2.05, 4.69) is 23.3 Å². The molecule has 1 aliphatic rings. The highest BCUT2D eigenvalue weighted by atomic mass is 16.1. The summed E-state index contributed by atoms with van der Waals surface area (Å²) in [5.41, 5.74) is 0. The van der Waals surface area contributed by atoms with Crippen molar-refractivity contribution in [1.82, 2.24) is 10.2 Å². The fraction of sp³-hybridized carbons (Fsp3) is 0.833. The molecule has 0 spiro atoms. The summed E-state index contributed by atoms with van der Waals surface area (Å²) >= 11 is 0. The van der Waals surface area contributed by atoms with Crippen LogP contribution in [0.1, 0.15) is 26.7 Å². The molecule has 4 nitrogen and oxygen atoms in total. The van der Waals surface area contributed by atoms with Crippen LogP contribution in [-0.4, -0.2) is 37.0 Å². The van der Waals surface area contributed by atoms with E-state index in [0.717, 1.165) is 13.0 Å². The average Bonchev–Trinajstić information content (AvgIpc) is 2.61. The summed E-state index contributed by atoms with van der Waals surface area (Å²) in [6.45, 7) is 5.57. The molecule has 1 aliphatic heterocycles. The molecule has 1 saturated heterocycles. The number of likely N-dealkylation sites (tertiary alicyclic amines) is 1. The summed E-state index contributed by atoms with van der Waals surface area (Å²) in [6.07, 6.45) is 2.33. The topological polar surface area (TPSA) is 56.1 Å². The number of carbonyl (C=O) groups is 1. The van der Waals surface area contributed by atoms with Gasteiger partial charge in [0, 0.05) is 12.6 Å². The number of nitrogens with zero attached hydrogens (tertiary/aromatic N) is 2. The van der Waals surface area contributed by atoms with Gasteiger partial charge in [-0.25, -0.2) is 0 Å². The normalized spacial score (nSPS) is 23.1. The summed E-state index contributed by atoms with van der Waals surface area (Å²) in [4.78, 5) is 14.0. The SMILES string of the molecule is CC(C)C(C#N)C(=O)NCC1CCCN1C. The minimum atomic E-state index is -0.522. The average molecular weight is 223 g/mol. The Morgan fingerprint density at radius 1 is 1.62 bits per heavy atom. The van der Waals surface area contributed by atoms with Crippen molar-refractivity contribution in [3.8, 4) is 6.07 Å². The standard InChI is InChI=1S/C12H21N3O/c1-9(2)11(7-13)12(16)14-8-10-5-4-6-15(10)3/h9-11H,4-6,8H2,1-3H3,(H,14,16). The van der Waals surface area contributed by atoms with Crippen molar-refractivity contribution in [2.75, 3.05) is 20.1 Å². The lowest BCUT2D eigenvalue weighted by atomic mass is 9.96. The Hall–Kier alpha value is -1.08. The van der Waals surface area contributed by atoms with E-state index in [1.165, 1.54) is 6.42 Å². The second kappa shape index (κ2) is 5.86. The third-order valence-electron chi connectivity index (χ3n) is 3.27. The molecular weight excluding hydrogens is 202 g/mol. The number of likely N-dealkylation sites (N-methyl/N-ethyl adjacent to an activating group) is 1. The lowest BCUT2D eigenvalue weighted by molar-refractivity contribution is -0.124. The molecule has 1 heterocycles. The van der Waals surface area contributed by atoms with Gasteiger partial charge in [0.15, 0.2) is 0 Å². The van der Waals surface area contributed by atoms with E-state index in [1.807, 2.05) is 13.8 Å². The van der Waals surface area contributed by atoms with Crippen LogP contribution in [0.15, 0.2) is 0 Å². The largest absolute Gasteiger partial charge is 0.353 e. The lowest BCUT2D eigenvalue weighted by Gasteiger charge is -2.21. The molecule has 2 unspecified atom stereocenters. The molecule has 0 aromatic heterocycles. The zero-order chi connectivity index (χ0) is 12.1. The van der Waals surface area contributed by atoms with Gasteiger partial charge in [0.2, 0.25) is 5.91 Å². The molecular formula is C12H21N3O. The van der Waals surface area contributed by atoms with Crippen LogP contribution in [-0.2, 0) is 4.79 Å². The molecule has 0 saturated carbocycles. The van der Waals surface area contributed by atoms with Crippen molar-refractivity contribution in [2.45, 2.75) is 32.7 Å². The van der Waals surface area contributed by atoms with Crippen molar-refractivity contribution in [1.29, 1.82) is 5.26 Å². The molecule has 0 aromatic carbocycles. The lowest BCUT2D eigenvalue weighted by Crippen LogP contribution is -2.41. The second-order valence-electron chi connectivity index (χ2n) is 4.87. The first kappa shape index (κ1) is 13.0. The summed E-state index contributed by atoms with van der Waals surface area (Å²) in [5.74, 6) is -0.573. The van der Waals surface area contributed by atoms with Gasteiger partial charge < -0.3 is 10.2 Å². The molecule has 1 fully saturated rings. The number of nitrogens with one attached hydrogen (secondary N) is 1. The van der Waals surface area contributed by atoms with Gasteiger partial charge in [-0.2, -0.15) is 5.26 Å². The summed E-state index contributed by atoms with van der Waals surface area (Å²) < 4.78 is 0. The molecule has 1 amide bonds. The Kier molecular flexibility index (Phi) is 4.75. The molecule has 1 rings (SSSR count). The summed E-state index contributed by atoms with van der Waals surface area (Å²) in [7, 11) is 2.08. The van der Waals surface area contributed by atoms with Crippen LogP contribution < -0.4 is 5.32 Å². The highest BCUT2D eigenvalue weighted by Crippen LogP contribution is 2.14. The number of amides is 1. The van der Waals surface area contributed by atoms with Gasteiger partial charge in [0.25, 0.3) is 0 Å². The highest BCUT2D eigenvalue weighted by molar-refractivity contribution is 5.81. The molecule has 0 aromatic rings. The van der Waals surface area contributed by atoms with E-state index in [1.54, 1.807) is 0 Å². The first-order valence-corrected chi connectivity index (χ1v) is 5.93. The van der Waals surface area contributed by atoms with Crippen molar-refractivity contribution in [3.05, 3.63) is 0 Å². The van der Waals surface area contributed by atoms with E-state index >= 15 is 0 Å². The Balaban J connectivity index is 2.37. The Bertz CT molecular complexity index is 282. The van der Waals surface area contributed by atoms with Gasteiger partial charge in [0.1, 0.15) is 5.92 Å². The van der Waals surface area contributed by atoms with Gasteiger partial charge in [0.05, 0.1) is 6.07 Å². The monoisotopic (exact) mass is 223 g/mol. The van der Waals surface area contributed by atoms with Crippen molar-refractivity contribution >= 4 is 5.91 Å². The Morgan fingerprint density at radius 2 is 2.31 bits per heavy atom. The Labute approximate surface area is 97.6 Å². The van der Waals surface area contributed by atoms with Crippen molar-refractivity contribution in [3.63, 3.8) is 0 Å². The number of carbonyl (C=O) groups excluding carboxylic acids is 1. The van der Waals surface area contributed by atoms with Crippen LogP contribution >= 0.6 is 0 Å². The summed E-state index contributed by atoms with van der Waals surface area (Å²) in [5, 5.41) is 11.8. The first-order valence-electron chi connectivity index (χ1n) is 5.93. The molecule has 0 radical (unpaired) electrons. The van der Waals surface area contributed by atoms with Crippen LogP contribution in [0.4, 0.5) is 0 Å². The number of hydrogen-bond donors (Lipinski definition) is 1. The number of rotatable bonds is 4. The predicted molar refractivity (Wildman–Crippen MR) is 62.6 cm³/mol. The molecule has 16 heavy (non-hydrogen) atoms. The Morgan fingerprint density at radius 3 is 2.75 bits per heavy atom. The van der Waals surface area contributed by atoms with Gasteiger partial charge in [-0.3, -0.25) is 4.79 Å². The van der Waals surface area contributed by atoms with E-state index in [-0.39, 0.29) is 11.8 Å². The molecule has 2 atom stereocenters. The van der Waals surface area contributed by atoms with E-state index < -0.39 is 5.92 Å². The van der Waals surface area contributed by atoms with Crippen LogP contribution in [0.3, 0.4) is 0 Å². The van der Waals surface area contributed by atoms with E-state index in [9.17, 15) is 4.79 Å². The maximum absolute atomic E-state index is 11.7. The van der Waals surface area contributed by atoms with Crippen LogP contribution in [0.5, 0.6) is 0 Å². The van der Waals surface area contributed by atoms with Crippen LogP contribution in [0.2, 0.25) is 0 Å². The molecule has 0 aliphatic carbocycles. The molecule has 4 heteroatoms. The van der Waals surface area contributed by atoms with Gasteiger partial charge in [-0.1, -0.05) is 13.8 Å². The second-order valence-corrected chi connectivity index (χ2v) is 4.87. The maximum Gasteiger partial charge on any atom is 0.237 e. The minimum absolute atomic E-state index is 0.0753. The third-order valence-corrected chi connectivity index (χ3v) is 3.27. The fourth-order valence-corrected chi connectivity index (χ4v) is 2.08. The van der Waals surface area contributed by atoms with Crippen LogP contribution in [0.25, 0.3) is 0 Å². The third kappa shape index (κ3) is 3.21. The zero-order valence-corrected chi connectivity index (χ0v) is 10.4. The molecule has 0 bridgehead atoms. The quantitative estimate of drug-likeness (QED) is 0.773. The van der Waals surface area contributed by atoms with E-state index in [0.29, 0.717) is 12.6 Å². The van der Waals surface area contributed by atoms with Crippen molar-refractivity contribution in [2.24, 2.45) is 11.8 Å².